The van der Waals surface area contributed by atoms with Crippen molar-refractivity contribution in [2.75, 3.05) is 6.61 Å². The molecule has 1 amide bonds. The van der Waals surface area contributed by atoms with Crippen LogP contribution in [0.5, 0.6) is 5.88 Å². The highest BCUT2D eigenvalue weighted by atomic mass is 19.1. The number of aromatic nitrogens is 4. The predicted octanol–water partition coefficient (Wildman–Crippen LogP) is 3.57. The molecule has 2 saturated heterocycles. The number of piperidine rings is 1. The van der Waals surface area contributed by atoms with Crippen LogP contribution in [0.2, 0.25) is 0 Å². The highest BCUT2D eigenvalue weighted by molar-refractivity contribution is 5.98. The van der Waals surface area contributed by atoms with Gasteiger partial charge < -0.3 is 9.64 Å². The number of hydrogen-bond donors (Lipinski definition) is 0. The van der Waals surface area contributed by atoms with Crippen molar-refractivity contribution >= 4 is 5.91 Å². The van der Waals surface area contributed by atoms with Crippen LogP contribution in [0.1, 0.15) is 41.6 Å². The summed E-state index contributed by atoms with van der Waals surface area (Å²) in [6, 6.07) is 9.02. The minimum atomic E-state index is -0.388. The molecule has 8 heteroatoms. The lowest BCUT2D eigenvalue weighted by Gasteiger charge is -2.40. The molecule has 3 atom stereocenters. The van der Waals surface area contributed by atoms with Crippen molar-refractivity contribution in [1.82, 2.24) is 24.9 Å². The van der Waals surface area contributed by atoms with E-state index in [4.69, 9.17) is 4.74 Å². The summed E-state index contributed by atoms with van der Waals surface area (Å²) in [7, 11) is 0. The van der Waals surface area contributed by atoms with Gasteiger partial charge in [-0.05, 0) is 50.8 Å². The van der Waals surface area contributed by atoms with Crippen LogP contribution < -0.4 is 4.74 Å². The van der Waals surface area contributed by atoms with E-state index >= 15 is 0 Å². The molecule has 2 bridgehead atoms. The zero-order valence-electron chi connectivity index (χ0n) is 17.3. The van der Waals surface area contributed by atoms with Gasteiger partial charge >= 0.3 is 0 Å². The summed E-state index contributed by atoms with van der Waals surface area (Å²) in [4.78, 5) is 21.3. The first-order valence-corrected chi connectivity index (χ1v) is 10.6. The number of pyridine rings is 1. The van der Waals surface area contributed by atoms with Crippen LogP contribution in [0.15, 0.2) is 48.9 Å². The van der Waals surface area contributed by atoms with Gasteiger partial charge in [-0.3, -0.25) is 4.79 Å². The third kappa shape index (κ3) is 3.78. The number of benzene rings is 1. The second-order valence-electron chi connectivity index (χ2n) is 8.31. The number of rotatable bonds is 5. The number of amides is 1. The number of nitrogens with zero attached hydrogens (tertiary/aromatic N) is 5. The van der Waals surface area contributed by atoms with Crippen LogP contribution in [-0.4, -0.2) is 49.5 Å². The fourth-order valence-corrected chi connectivity index (χ4v) is 4.88. The zero-order chi connectivity index (χ0) is 21.4. The van der Waals surface area contributed by atoms with Crippen LogP contribution >= 0.6 is 0 Å². The molecule has 2 fully saturated rings. The molecule has 0 radical (unpaired) electrons. The van der Waals surface area contributed by atoms with Crippen LogP contribution in [0.3, 0.4) is 0 Å². The van der Waals surface area contributed by atoms with E-state index in [1.54, 1.807) is 12.4 Å². The largest absolute Gasteiger partial charge is 0.477 e. The second kappa shape index (κ2) is 8.09. The molecule has 0 aliphatic carbocycles. The maximum atomic E-state index is 13.7. The minimum absolute atomic E-state index is 0.0214. The van der Waals surface area contributed by atoms with Crippen molar-refractivity contribution in [3.63, 3.8) is 0 Å². The Morgan fingerprint density at radius 2 is 1.94 bits per heavy atom. The Hall–Kier alpha value is -3.29. The molecule has 5 rings (SSSR count). The van der Waals surface area contributed by atoms with Gasteiger partial charge in [0.2, 0.25) is 5.88 Å². The van der Waals surface area contributed by atoms with Crippen molar-refractivity contribution < 1.29 is 13.9 Å². The fourth-order valence-electron chi connectivity index (χ4n) is 4.88. The van der Waals surface area contributed by atoms with Crippen LogP contribution in [0.4, 0.5) is 4.39 Å². The average Bonchev–Trinajstić information content (AvgIpc) is 3.41. The van der Waals surface area contributed by atoms with E-state index in [0.29, 0.717) is 23.7 Å². The lowest BCUT2D eigenvalue weighted by molar-refractivity contribution is 0.0402. The lowest BCUT2D eigenvalue weighted by Crippen LogP contribution is -2.49. The van der Waals surface area contributed by atoms with Crippen molar-refractivity contribution in [2.24, 2.45) is 5.92 Å². The zero-order valence-corrected chi connectivity index (χ0v) is 17.3. The number of aryl methyl sites for hydroxylation is 1. The average molecular weight is 421 g/mol. The molecule has 31 heavy (non-hydrogen) atoms. The van der Waals surface area contributed by atoms with Crippen molar-refractivity contribution in [2.45, 2.75) is 44.7 Å². The molecular formula is C23H24FN5O2. The summed E-state index contributed by atoms with van der Waals surface area (Å²) in [5.74, 6) is 0.255. The first-order chi connectivity index (χ1) is 15.1. The van der Waals surface area contributed by atoms with E-state index < -0.39 is 0 Å². The Balaban J connectivity index is 1.38. The number of halogens is 1. The highest BCUT2D eigenvalue weighted by Gasteiger charge is 2.45. The maximum absolute atomic E-state index is 13.7. The molecule has 0 N–H and O–H groups in total. The molecule has 2 aromatic heterocycles. The van der Waals surface area contributed by atoms with E-state index in [1.807, 2.05) is 25.1 Å². The Kier molecular flexibility index (Phi) is 5.13. The van der Waals surface area contributed by atoms with E-state index in [-0.39, 0.29) is 29.7 Å². The Labute approximate surface area is 179 Å². The fraction of sp³-hybridized carbons (Fsp3) is 0.391. The molecule has 0 saturated carbocycles. The molecule has 4 heterocycles. The standard InChI is InChI=1S/C23H24FN5O2/c1-15-2-7-21(29-26-10-11-27-29)19(12-15)23(30)28-18-5-3-16(20(28)8-6-18)14-31-22-9-4-17(24)13-25-22/h2,4,7,9-13,16,18,20H,3,5-6,8,14H2,1H3/t16-,18?,20?/m0/s1. The number of carbonyl (C=O) groups is 1. The monoisotopic (exact) mass is 421 g/mol. The highest BCUT2D eigenvalue weighted by Crippen LogP contribution is 2.40. The van der Waals surface area contributed by atoms with E-state index in [1.165, 1.54) is 16.9 Å². The Morgan fingerprint density at radius 3 is 2.71 bits per heavy atom. The van der Waals surface area contributed by atoms with Gasteiger partial charge in [-0.2, -0.15) is 15.0 Å². The van der Waals surface area contributed by atoms with E-state index in [9.17, 15) is 9.18 Å². The first-order valence-electron chi connectivity index (χ1n) is 10.6. The molecule has 7 nitrogen and oxygen atoms in total. The number of hydrogen-bond acceptors (Lipinski definition) is 5. The van der Waals surface area contributed by atoms with Gasteiger partial charge in [0.25, 0.3) is 5.91 Å². The SMILES string of the molecule is Cc1ccc(-n2nccn2)c(C(=O)N2C3CCC2[C@H](COc2ccc(F)cn2)CC3)c1. The van der Waals surface area contributed by atoms with Gasteiger partial charge in [-0.15, -0.1) is 0 Å². The Bertz CT molecular complexity index is 1070. The molecule has 160 valence electrons. The summed E-state index contributed by atoms with van der Waals surface area (Å²) in [5.41, 5.74) is 2.33. The first kappa shape index (κ1) is 19.7. The molecule has 2 aliphatic heterocycles. The third-order valence-corrected chi connectivity index (χ3v) is 6.36. The summed E-state index contributed by atoms with van der Waals surface area (Å²) in [6.45, 7) is 2.44. The molecule has 3 aromatic rings. The van der Waals surface area contributed by atoms with Gasteiger partial charge in [0.05, 0.1) is 36.4 Å². The number of fused-ring (bicyclic) bond motifs is 2. The second-order valence-corrected chi connectivity index (χ2v) is 8.31. The number of carbonyl (C=O) groups excluding carboxylic acids is 1. The van der Waals surface area contributed by atoms with Gasteiger partial charge in [0.15, 0.2) is 0 Å². The van der Waals surface area contributed by atoms with Gasteiger partial charge in [0, 0.05) is 24.1 Å². The van der Waals surface area contributed by atoms with Crippen molar-refractivity contribution in [3.05, 3.63) is 65.9 Å². The van der Waals surface area contributed by atoms with Gasteiger partial charge in [0.1, 0.15) is 5.82 Å². The molecule has 2 unspecified atom stereocenters. The maximum Gasteiger partial charge on any atom is 0.256 e. The van der Waals surface area contributed by atoms with E-state index in [2.05, 4.69) is 20.1 Å². The Morgan fingerprint density at radius 1 is 1.13 bits per heavy atom. The van der Waals surface area contributed by atoms with E-state index in [0.717, 1.165) is 37.4 Å². The van der Waals surface area contributed by atoms with Crippen LogP contribution in [0, 0.1) is 18.7 Å². The molecule has 0 spiro atoms. The normalized spacial score (nSPS) is 22.5. The predicted molar refractivity (Wildman–Crippen MR) is 111 cm³/mol. The van der Waals surface area contributed by atoms with Gasteiger partial charge in [-0.1, -0.05) is 11.6 Å². The number of ether oxygens (including phenoxy) is 1. The minimum Gasteiger partial charge on any atom is -0.477 e. The van der Waals surface area contributed by atoms with Crippen LogP contribution in [-0.2, 0) is 0 Å². The van der Waals surface area contributed by atoms with Gasteiger partial charge in [-0.25, -0.2) is 9.37 Å². The van der Waals surface area contributed by atoms with Crippen LogP contribution in [0.25, 0.3) is 5.69 Å². The summed E-state index contributed by atoms with van der Waals surface area (Å²) in [6.07, 6.45) is 8.28. The molecule has 2 aliphatic rings. The molecule has 1 aromatic carbocycles. The quantitative estimate of drug-likeness (QED) is 0.630. The lowest BCUT2D eigenvalue weighted by atomic mass is 9.90. The summed E-state index contributed by atoms with van der Waals surface area (Å²) in [5, 5.41) is 8.45. The molecular weight excluding hydrogens is 397 g/mol. The summed E-state index contributed by atoms with van der Waals surface area (Å²) >= 11 is 0. The summed E-state index contributed by atoms with van der Waals surface area (Å²) < 4.78 is 18.9. The smallest absolute Gasteiger partial charge is 0.256 e. The van der Waals surface area contributed by atoms with Crippen molar-refractivity contribution in [1.29, 1.82) is 0 Å². The van der Waals surface area contributed by atoms with Crippen molar-refractivity contribution in [3.8, 4) is 11.6 Å². The topological polar surface area (TPSA) is 73.1 Å². The third-order valence-electron chi connectivity index (χ3n) is 6.36.